The second-order valence-electron chi connectivity index (χ2n) is 4.70. The van der Waals surface area contributed by atoms with Crippen LogP contribution in [0.1, 0.15) is 38.9 Å². The molecule has 1 N–H and O–H groups in total. The Morgan fingerprint density at radius 1 is 1.17 bits per heavy atom. The molecule has 3 nitrogen and oxygen atoms in total. The molecule has 0 aliphatic heterocycles. The molecule has 102 valence electrons. The van der Waals surface area contributed by atoms with E-state index in [2.05, 4.69) is 38.2 Å². The van der Waals surface area contributed by atoms with Gasteiger partial charge >= 0.3 is 0 Å². The Balaban J connectivity index is 2.66. The molecule has 0 spiro atoms. The minimum Gasteiger partial charge on any atom is -0.497 e. The van der Waals surface area contributed by atoms with Crippen molar-refractivity contribution in [3.63, 3.8) is 0 Å². The average Bonchev–Trinajstić information content (AvgIpc) is 2.39. The summed E-state index contributed by atoms with van der Waals surface area (Å²) in [6, 6.07) is 8.57. The Hall–Kier alpha value is -1.06. The number of methoxy groups -OCH3 is 1. The monoisotopic (exact) mass is 251 g/mol. The average molecular weight is 251 g/mol. The quantitative estimate of drug-likeness (QED) is 0.770. The second kappa shape index (κ2) is 8.11. The highest BCUT2D eigenvalue weighted by Crippen LogP contribution is 2.20. The fraction of sp³-hybridized carbons (Fsp3) is 0.600. The number of ether oxygens (including phenoxy) is 2. The van der Waals surface area contributed by atoms with E-state index in [0.29, 0.717) is 6.04 Å². The molecule has 0 heterocycles. The Labute approximate surface area is 110 Å². The minimum absolute atomic E-state index is 0.109. The maximum Gasteiger partial charge on any atom is 0.118 e. The van der Waals surface area contributed by atoms with Crippen LogP contribution in [0.15, 0.2) is 24.3 Å². The molecule has 0 radical (unpaired) electrons. The van der Waals surface area contributed by atoms with Crippen molar-refractivity contribution in [3.05, 3.63) is 29.8 Å². The van der Waals surface area contributed by atoms with E-state index < -0.39 is 0 Å². The van der Waals surface area contributed by atoms with Crippen molar-refractivity contribution in [1.29, 1.82) is 0 Å². The van der Waals surface area contributed by atoms with Crippen molar-refractivity contribution in [2.45, 2.75) is 39.3 Å². The largest absolute Gasteiger partial charge is 0.497 e. The standard InChI is InChI=1S/C15H25NO2/c1-5-10-18-15(11-16-12(2)3)13-6-8-14(17-4)9-7-13/h6-9,12,15-16H,5,10-11H2,1-4H3. The SMILES string of the molecule is CCCOC(CNC(C)C)c1ccc(OC)cc1. The Morgan fingerprint density at radius 3 is 2.33 bits per heavy atom. The molecule has 18 heavy (non-hydrogen) atoms. The molecule has 0 aromatic heterocycles. The van der Waals surface area contributed by atoms with Crippen LogP contribution in [-0.2, 0) is 4.74 Å². The predicted molar refractivity (Wildman–Crippen MR) is 75.1 cm³/mol. The molecular formula is C15H25NO2. The van der Waals surface area contributed by atoms with Crippen LogP contribution in [0.3, 0.4) is 0 Å². The Bertz CT molecular complexity index is 322. The fourth-order valence-corrected chi connectivity index (χ4v) is 1.69. The summed E-state index contributed by atoms with van der Waals surface area (Å²) in [6.07, 6.45) is 1.15. The molecule has 1 aromatic carbocycles. The topological polar surface area (TPSA) is 30.5 Å². The molecule has 0 aliphatic carbocycles. The number of hydrogen-bond acceptors (Lipinski definition) is 3. The third-order valence-corrected chi connectivity index (χ3v) is 2.72. The zero-order chi connectivity index (χ0) is 13.4. The molecule has 1 aromatic rings. The Kier molecular flexibility index (Phi) is 6.76. The van der Waals surface area contributed by atoms with Gasteiger partial charge in [-0.25, -0.2) is 0 Å². The van der Waals surface area contributed by atoms with Crippen LogP contribution in [0, 0.1) is 0 Å². The van der Waals surface area contributed by atoms with Crippen LogP contribution in [0.5, 0.6) is 5.75 Å². The summed E-state index contributed by atoms with van der Waals surface area (Å²) in [6.45, 7) is 8.04. The number of nitrogens with one attached hydrogen (secondary N) is 1. The molecule has 1 atom stereocenters. The smallest absolute Gasteiger partial charge is 0.118 e. The summed E-state index contributed by atoms with van der Waals surface area (Å²) in [5.74, 6) is 0.879. The molecule has 0 fully saturated rings. The molecule has 0 aliphatic rings. The lowest BCUT2D eigenvalue weighted by Crippen LogP contribution is -2.29. The van der Waals surface area contributed by atoms with E-state index >= 15 is 0 Å². The normalized spacial score (nSPS) is 12.7. The highest BCUT2D eigenvalue weighted by molar-refractivity contribution is 5.28. The van der Waals surface area contributed by atoms with Gasteiger partial charge in [-0.15, -0.1) is 0 Å². The molecule has 0 bridgehead atoms. The predicted octanol–water partition coefficient (Wildman–Crippen LogP) is 3.16. The molecule has 1 unspecified atom stereocenters. The maximum absolute atomic E-state index is 5.90. The first-order valence-electron chi connectivity index (χ1n) is 6.66. The van der Waals surface area contributed by atoms with Crippen molar-refractivity contribution in [2.75, 3.05) is 20.3 Å². The molecular weight excluding hydrogens is 226 g/mol. The molecule has 1 rings (SSSR count). The Morgan fingerprint density at radius 2 is 1.83 bits per heavy atom. The van der Waals surface area contributed by atoms with Gasteiger partial charge in [-0.1, -0.05) is 32.9 Å². The van der Waals surface area contributed by atoms with Gasteiger partial charge in [0.2, 0.25) is 0 Å². The van der Waals surface area contributed by atoms with E-state index in [1.165, 1.54) is 5.56 Å². The zero-order valence-electron chi connectivity index (χ0n) is 11.9. The lowest BCUT2D eigenvalue weighted by molar-refractivity contribution is 0.0517. The zero-order valence-corrected chi connectivity index (χ0v) is 11.9. The summed E-state index contributed by atoms with van der Waals surface area (Å²) in [4.78, 5) is 0. The number of rotatable bonds is 8. The lowest BCUT2D eigenvalue weighted by atomic mass is 10.1. The third kappa shape index (κ3) is 5.07. The van der Waals surface area contributed by atoms with E-state index in [0.717, 1.165) is 25.3 Å². The van der Waals surface area contributed by atoms with Gasteiger partial charge in [-0.2, -0.15) is 0 Å². The van der Waals surface area contributed by atoms with Crippen LogP contribution in [-0.4, -0.2) is 26.3 Å². The van der Waals surface area contributed by atoms with E-state index in [4.69, 9.17) is 9.47 Å². The summed E-state index contributed by atoms with van der Waals surface area (Å²) in [5.41, 5.74) is 1.19. The van der Waals surface area contributed by atoms with E-state index in [1.807, 2.05) is 12.1 Å². The van der Waals surface area contributed by atoms with Crippen molar-refractivity contribution in [2.24, 2.45) is 0 Å². The van der Waals surface area contributed by atoms with Gasteiger partial charge in [0.25, 0.3) is 0 Å². The van der Waals surface area contributed by atoms with Gasteiger partial charge in [-0.05, 0) is 24.1 Å². The van der Waals surface area contributed by atoms with Gasteiger partial charge in [0, 0.05) is 19.2 Å². The highest BCUT2D eigenvalue weighted by atomic mass is 16.5. The number of hydrogen-bond donors (Lipinski definition) is 1. The van der Waals surface area contributed by atoms with E-state index in [9.17, 15) is 0 Å². The summed E-state index contributed by atoms with van der Waals surface area (Å²) in [5, 5.41) is 3.43. The van der Waals surface area contributed by atoms with Crippen LogP contribution >= 0.6 is 0 Å². The summed E-state index contributed by atoms with van der Waals surface area (Å²) >= 11 is 0. The number of benzene rings is 1. The third-order valence-electron chi connectivity index (χ3n) is 2.72. The highest BCUT2D eigenvalue weighted by Gasteiger charge is 2.12. The van der Waals surface area contributed by atoms with Gasteiger partial charge in [0.15, 0.2) is 0 Å². The van der Waals surface area contributed by atoms with E-state index in [1.54, 1.807) is 7.11 Å². The first kappa shape index (κ1) is 15.0. The molecule has 3 heteroatoms. The van der Waals surface area contributed by atoms with Gasteiger partial charge in [-0.3, -0.25) is 0 Å². The van der Waals surface area contributed by atoms with Gasteiger partial charge < -0.3 is 14.8 Å². The van der Waals surface area contributed by atoms with Crippen molar-refractivity contribution >= 4 is 0 Å². The van der Waals surface area contributed by atoms with Crippen LogP contribution < -0.4 is 10.1 Å². The fourth-order valence-electron chi connectivity index (χ4n) is 1.69. The van der Waals surface area contributed by atoms with Crippen LogP contribution in [0.4, 0.5) is 0 Å². The molecule has 0 saturated heterocycles. The van der Waals surface area contributed by atoms with Gasteiger partial charge in [0.05, 0.1) is 13.2 Å². The minimum atomic E-state index is 0.109. The summed E-state index contributed by atoms with van der Waals surface area (Å²) in [7, 11) is 1.68. The molecule has 0 saturated carbocycles. The van der Waals surface area contributed by atoms with Gasteiger partial charge in [0.1, 0.15) is 5.75 Å². The van der Waals surface area contributed by atoms with Crippen molar-refractivity contribution < 1.29 is 9.47 Å². The lowest BCUT2D eigenvalue weighted by Gasteiger charge is -2.20. The van der Waals surface area contributed by atoms with E-state index in [-0.39, 0.29) is 6.10 Å². The summed E-state index contributed by atoms with van der Waals surface area (Å²) < 4.78 is 11.1. The maximum atomic E-state index is 5.90. The van der Waals surface area contributed by atoms with Crippen LogP contribution in [0.2, 0.25) is 0 Å². The van der Waals surface area contributed by atoms with Crippen LogP contribution in [0.25, 0.3) is 0 Å². The molecule has 0 amide bonds. The van der Waals surface area contributed by atoms with Crippen molar-refractivity contribution in [3.8, 4) is 5.75 Å². The first-order chi connectivity index (χ1) is 8.67. The second-order valence-corrected chi connectivity index (χ2v) is 4.70. The first-order valence-corrected chi connectivity index (χ1v) is 6.66. The van der Waals surface area contributed by atoms with Crippen molar-refractivity contribution in [1.82, 2.24) is 5.32 Å².